The number of benzene rings is 1. The molecular formula is C24H28N2O3. The number of hydrogen-bond donors (Lipinski definition) is 1. The third-order valence-corrected chi connectivity index (χ3v) is 7.39. The van der Waals surface area contributed by atoms with Crippen molar-refractivity contribution in [1.29, 1.82) is 0 Å². The average Bonchev–Trinajstić information content (AvgIpc) is 3.15. The van der Waals surface area contributed by atoms with Crippen LogP contribution in [0.5, 0.6) is 0 Å². The van der Waals surface area contributed by atoms with Crippen molar-refractivity contribution in [2.24, 2.45) is 22.2 Å². The lowest BCUT2D eigenvalue weighted by Gasteiger charge is -2.60. The molecule has 0 radical (unpaired) electrons. The van der Waals surface area contributed by atoms with Crippen LogP contribution in [-0.2, 0) is 16.1 Å². The van der Waals surface area contributed by atoms with Gasteiger partial charge in [0.15, 0.2) is 0 Å². The van der Waals surface area contributed by atoms with E-state index in [1.165, 1.54) is 0 Å². The summed E-state index contributed by atoms with van der Waals surface area (Å²) < 4.78 is 0. The summed E-state index contributed by atoms with van der Waals surface area (Å²) in [5.74, 6) is 0.774. The predicted molar refractivity (Wildman–Crippen MR) is 110 cm³/mol. The van der Waals surface area contributed by atoms with Crippen LogP contribution in [0.1, 0.15) is 50.5 Å². The van der Waals surface area contributed by atoms with E-state index >= 15 is 0 Å². The van der Waals surface area contributed by atoms with Crippen LogP contribution in [-0.4, -0.2) is 39.6 Å². The summed E-state index contributed by atoms with van der Waals surface area (Å²) in [4.78, 5) is 31.6. The number of aliphatic imine (C=N–C) groups is 1. The monoisotopic (exact) mass is 392 g/mol. The van der Waals surface area contributed by atoms with E-state index in [2.05, 4.69) is 0 Å². The van der Waals surface area contributed by atoms with Gasteiger partial charge in [0.05, 0.1) is 18.2 Å². The van der Waals surface area contributed by atoms with Crippen molar-refractivity contribution < 1.29 is 14.7 Å². The van der Waals surface area contributed by atoms with Crippen LogP contribution in [0.4, 0.5) is 0 Å². The molecule has 3 unspecified atom stereocenters. The molecule has 4 fully saturated rings. The number of amides is 1. The minimum Gasteiger partial charge on any atom is -0.390 e. The molecular weight excluding hydrogens is 364 g/mol. The van der Waals surface area contributed by atoms with E-state index in [1.54, 1.807) is 11.1 Å². The Balaban J connectivity index is 1.53. The number of carbonyl (C=O) groups excluding carboxylic acids is 2. The molecule has 5 heteroatoms. The zero-order valence-electron chi connectivity index (χ0n) is 16.7. The molecule has 0 aromatic heterocycles. The van der Waals surface area contributed by atoms with Gasteiger partial charge in [-0.25, -0.2) is 0 Å². The molecule has 1 aliphatic heterocycles. The fraction of sp³-hybridized carbons (Fsp3) is 0.542. The van der Waals surface area contributed by atoms with Gasteiger partial charge in [-0.3, -0.25) is 9.79 Å². The highest BCUT2D eigenvalue weighted by atomic mass is 16.3. The number of aliphatic hydroxyl groups is 1. The molecule has 0 spiro atoms. The fourth-order valence-corrected chi connectivity index (χ4v) is 6.71. The molecule has 3 atom stereocenters. The Kier molecular flexibility index (Phi) is 4.46. The summed E-state index contributed by atoms with van der Waals surface area (Å²) in [7, 11) is 0. The van der Waals surface area contributed by atoms with E-state index in [0.717, 1.165) is 44.0 Å². The topological polar surface area (TPSA) is 70.0 Å². The number of carbonyl (C=O) groups is 2. The molecule has 4 aliphatic carbocycles. The first-order valence-corrected chi connectivity index (χ1v) is 10.8. The van der Waals surface area contributed by atoms with Crippen LogP contribution in [0.15, 0.2) is 47.6 Å². The van der Waals surface area contributed by atoms with Crippen LogP contribution in [0.3, 0.4) is 0 Å². The fourth-order valence-electron chi connectivity index (χ4n) is 6.71. The van der Waals surface area contributed by atoms with E-state index in [9.17, 15) is 14.7 Å². The second-order valence-electron chi connectivity index (χ2n) is 9.65. The molecule has 5 aliphatic rings. The van der Waals surface area contributed by atoms with Gasteiger partial charge in [-0.2, -0.15) is 0 Å². The van der Waals surface area contributed by atoms with Gasteiger partial charge in [-0.1, -0.05) is 36.4 Å². The highest BCUT2D eigenvalue weighted by Crippen LogP contribution is 2.62. The van der Waals surface area contributed by atoms with E-state index in [-0.39, 0.29) is 11.3 Å². The summed E-state index contributed by atoms with van der Waals surface area (Å²) in [5.41, 5.74) is 0.606. The first-order valence-electron chi connectivity index (χ1n) is 10.8. The van der Waals surface area contributed by atoms with Crippen molar-refractivity contribution >= 4 is 17.9 Å². The average molecular weight is 392 g/mol. The third kappa shape index (κ3) is 3.25. The molecule has 1 aromatic carbocycles. The number of hydrogen-bond acceptors (Lipinski definition) is 4. The molecule has 1 N–H and O–H groups in total. The van der Waals surface area contributed by atoms with E-state index < -0.39 is 11.6 Å². The Morgan fingerprint density at radius 1 is 1.17 bits per heavy atom. The summed E-state index contributed by atoms with van der Waals surface area (Å²) in [6.07, 6.45) is 10.3. The molecule has 4 bridgehead atoms. The van der Waals surface area contributed by atoms with E-state index in [1.807, 2.05) is 36.4 Å². The zero-order valence-corrected chi connectivity index (χ0v) is 16.7. The number of aldehydes is 1. The summed E-state index contributed by atoms with van der Waals surface area (Å²) >= 11 is 0. The maximum Gasteiger partial charge on any atom is 0.272 e. The smallest absolute Gasteiger partial charge is 0.272 e. The Morgan fingerprint density at radius 3 is 2.55 bits per heavy atom. The summed E-state index contributed by atoms with van der Waals surface area (Å²) in [6, 6.07) is 9.52. The van der Waals surface area contributed by atoms with Gasteiger partial charge >= 0.3 is 0 Å². The van der Waals surface area contributed by atoms with Crippen LogP contribution >= 0.6 is 0 Å². The zero-order chi connectivity index (χ0) is 20.1. The largest absolute Gasteiger partial charge is 0.390 e. The van der Waals surface area contributed by atoms with Crippen molar-refractivity contribution in [3.63, 3.8) is 0 Å². The quantitative estimate of drug-likeness (QED) is 0.618. The second-order valence-corrected chi connectivity index (χ2v) is 9.65. The molecule has 0 saturated heterocycles. The Hall–Kier alpha value is -2.27. The Morgan fingerprint density at radius 2 is 1.90 bits per heavy atom. The van der Waals surface area contributed by atoms with Crippen LogP contribution in [0.2, 0.25) is 0 Å². The highest BCUT2D eigenvalue weighted by Gasteiger charge is 2.60. The number of rotatable bonds is 5. The van der Waals surface area contributed by atoms with Crippen molar-refractivity contribution in [3.8, 4) is 0 Å². The van der Waals surface area contributed by atoms with E-state index in [0.29, 0.717) is 36.9 Å². The number of nitrogens with zero attached hydrogens (tertiary/aromatic N) is 2. The van der Waals surface area contributed by atoms with Gasteiger partial charge in [0.1, 0.15) is 12.0 Å². The van der Waals surface area contributed by atoms with E-state index in [4.69, 9.17) is 4.99 Å². The third-order valence-electron chi connectivity index (χ3n) is 7.39. The molecule has 1 heterocycles. The minimum absolute atomic E-state index is 0.155. The lowest BCUT2D eigenvalue weighted by atomic mass is 9.46. The Bertz CT molecular complexity index is 861. The molecule has 152 valence electrons. The second kappa shape index (κ2) is 6.91. The van der Waals surface area contributed by atoms with Crippen LogP contribution in [0, 0.1) is 17.3 Å². The molecule has 5 nitrogen and oxygen atoms in total. The highest BCUT2D eigenvalue weighted by molar-refractivity contribution is 6.41. The van der Waals surface area contributed by atoms with Crippen LogP contribution < -0.4 is 0 Å². The van der Waals surface area contributed by atoms with Crippen molar-refractivity contribution in [2.75, 3.05) is 0 Å². The van der Waals surface area contributed by atoms with Gasteiger partial charge in [0.25, 0.3) is 5.91 Å². The minimum atomic E-state index is -0.664. The van der Waals surface area contributed by atoms with Crippen molar-refractivity contribution in [1.82, 2.24) is 4.90 Å². The lowest BCUT2D eigenvalue weighted by molar-refractivity contribution is -0.145. The summed E-state index contributed by atoms with van der Waals surface area (Å²) in [6.45, 7) is 0.445. The van der Waals surface area contributed by atoms with Crippen LogP contribution in [0.25, 0.3) is 0 Å². The molecule has 29 heavy (non-hydrogen) atoms. The normalized spacial score (nSPS) is 37.9. The Labute approximate surface area is 171 Å². The standard InChI is InChI=1S/C24H28N2O3/c27-15-20-7-4-8-26(20)22(28)21(25-14-17-5-2-1-3-6-17)23-10-18-9-19(11-23)13-24(29,12-18)16-23/h1-6,8,15,18-20,29H,7,9-14,16H2/b25-21+. The first-order chi connectivity index (χ1) is 14.0. The van der Waals surface area contributed by atoms with Gasteiger partial charge in [-0.05, 0) is 62.3 Å². The van der Waals surface area contributed by atoms with Crippen molar-refractivity contribution in [2.45, 2.75) is 63.1 Å². The van der Waals surface area contributed by atoms with Gasteiger partial charge < -0.3 is 14.8 Å². The summed E-state index contributed by atoms with van der Waals surface area (Å²) in [5, 5.41) is 11.2. The maximum absolute atomic E-state index is 13.7. The molecule has 6 rings (SSSR count). The SMILES string of the molecule is O=CC1CC=CN1C(=O)/C(=N\Cc1ccccc1)C12CC3CC(CC(O)(C3)C1)C2. The molecule has 1 amide bonds. The van der Waals surface area contributed by atoms with Gasteiger partial charge in [-0.15, -0.1) is 0 Å². The predicted octanol–water partition coefficient (Wildman–Crippen LogP) is 3.27. The van der Waals surface area contributed by atoms with Gasteiger partial charge in [0.2, 0.25) is 0 Å². The van der Waals surface area contributed by atoms with Crippen molar-refractivity contribution in [3.05, 3.63) is 48.2 Å². The van der Waals surface area contributed by atoms with Gasteiger partial charge in [0, 0.05) is 11.6 Å². The lowest BCUT2D eigenvalue weighted by Crippen LogP contribution is -2.60. The maximum atomic E-state index is 13.7. The first kappa shape index (κ1) is 18.7. The molecule has 4 saturated carbocycles. The molecule has 1 aromatic rings.